The standard InChI is InChI=1S/C28H28Cl4N2O2/c1-3-18(2)33-28(36)26(14-19-7-5-4-6-8-19)34(17-20-9-12-23(30)25(32)13-20)27(35)15-21-10-11-22(29)16-24(21)31/h4-13,16,18,26H,3,14-15,17H2,1-2H3,(H,33,36)/t18-,26-/m1/s1. The van der Waals surface area contributed by atoms with Gasteiger partial charge in [-0.25, -0.2) is 0 Å². The number of amides is 2. The molecule has 4 nitrogen and oxygen atoms in total. The SMILES string of the molecule is CC[C@@H](C)NC(=O)[C@@H](Cc1ccccc1)N(Cc1ccc(Cl)c(Cl)c1)C(=O)Cc1ccc(Cl)cc1Cl. The summed E-state index contributed by atoms with van der Waals surface area (Å²) in [6, 6.07) is 19.1. The number of carbonyl (C=O) groups is 2. The summed E-state index contributed by atoms with van der Waals surface area (Å²) in [6.07, 6.45) is 1.13. The Kier molecular flexibility index (Phi) is 10.5. The molecule has 0 saturated carbocycles. The van der Waals surface area contributed by atoms with Crippen molar-refractivity contribution >= 4 is 58.2 Å². The molecule has 0 radical (unpaired) electrons. The second-order valence-electron chi connectivity index (χ2n) is 8.71. The summed E-state index contributed by atoms with van der Waals surface area (Å²) < 4.78 is 0. The van der Waals surface area contributed by atoms with Crippen LogP contribution in [0.4, 0.5) is 0 Å². The monoisotopic (exact) mass is 564 g/mol. The minimum absolute atomic E-state index is 0.0131. The molecule has 190 valence electrons. The lowest BCUT2D eigenvalue weighted by molar-refractivity contribution is -0.141. The second-order valence-corrected chi connectivity index (χ2v) is 10.4. The normalized spacial score (nSPS) is 12.6. The second kappa shape index (κ2) is 13.3. The van der Waals surface area contributed by atoms with E-state index < -0.39 is 6.04 Å². The van der Waals surface area contributed by atoms with E-state index in [9.17, 15) is 9.59 Å². The van der Waals surface area contributed by atoms with Gasteiger partial charge < -0.3 is 10.2 Å². The molecule has 0 fully saturated rings. The van der Waals surface area contributed by atoms with E-state index in [1.54, 1.807) is 41.3 Å². The number of hydrogen-bond acceptors (Lipinski definition) is 2. The highest BCUT2D eigenvalue weighted by atomic mass is 35.5. The molecule has 0 aliphatic heterocycles. The smallest absolute Gasteiger partial charge is 0.243 e. The van der Waals surface area contributed by atoms with E-state index >= 15 is 0 Å². The van der Waals surface area contributed by atoms with Crippen LogP contribution in [0, 0.1) is 0 Å². The summed E-state index contributed by atoms with van der Waals surface area (Å²) >= 11 is 24.8. The van der Waals surface area contributed by atoms with Crippen LogP contribution in [0.5, 0.6) is 0 Å². The highest BCUT2D eigenvalue weighted by Crippen LogP contribution is 2.26. The van der Waals surface area contributed by atoms with Crippen LogP contribution in [-0.4, -0.2) is 28.8 Å². The van der Waals surface area contributed by atoms with E-state index in [4.69, 9.17) is 46.4 Å². The zero-order valence-corrected chi connectivity index (χ0v) is 23.1. The molecule has 0 aromatic heterocycles. The Morgan fingerprint density at radius 1 is 0.861 bits per heavy atom. The number of nitrogens with one attached hydrogen (secondary N) is 1. The number of hydrogen-bond donors (Lipinski definition) is 1. The quantitative estimate of drug-likeness (QED) is 0.278. The Morgan fingerprint density at radius 2 is 1.58 bits per heavy atom. The van der Waals surface area contributed by atoms with Crippen LogP contribution in [0.25, 0.3) is 0 Å². The molecule has 1 N–H and O–H groups in total. The largest absolute Gasteiger partial charge is 0.352 e. The third kappa shape index (κ3) is 7.88. The molecule has 0 spiro atoms. The Bertz CT molecular complexity index is 1200. The molecule has 0 aliphatic carbocycles. The van der Waals surface area contributed by atoms with Crippen LogP contribution in [0.1, 0.15) is 37.0 Å². The molecule has 3 aromatic rings. The predicted molar refractivity (Wildman–Crippen MR) is 149 cm³/mol. The van der Waals surface area contributed by atoms with Gasteiger partial charge in [0.1, 0.15) is 6.04 Å². The van der Waals surface area contributed by atoms with Crippen LogP contribution in [-0.2, 0) is 29.0 Å². The van der Waals surface area contributed by atoms with Crippen LogP contribution in [0.15, 0.2) is 66.7 Å². The molecule has 0 heterocycles. The number of rotatable bonds is 10. The summed E-state index contributed by atoms with van der Waals surface area (Å²) in [5.41, 5.74) is 2.33. The zero-order valence-electron chi connectivity index (χ0n) is 20.1. The van der Waals surface area contributed by atoms with Crippen molar-refractivity contribution in [3.63, 3.8) is 0 Å². The van der Waals surface area contributed by atoms with Crippen molar-refractivity contribution in [2.45, 2.75) is 51.7 Å². The number of nitrogens with zero attached hydrogens (tertiary/aromatic N) is 1. The highest BCUT2D eigenvalue weighted by molar-refractivity contribution is 6.42. The highest BCUT2D eigenvalue weighted by Gasteiger charge is 2.31. The van der Waals surface area contributed by atoms with Gasteiger partial charge >= 0.3 is 0 Å². The Hall–Kier alpha value is -2.24. The first-order chi connectivity index (χ1) is 17.2. The maximum Gasteiger partial charge on any atom is 0.243 e. The fraction of sp³-hybridized carbons (Fsp3) is 0.286. The fourth-order valence-electron chi connectivity index (χ4n) is 3.76. The molecule has 36 heavy (non-hydrogen) atoms. The average Bonchev–Trinajstić information content (AvgIpc) is 2.85. The van der Waals surface area contributed by atoms with Gasteiger partial charge in [-0.3, -0.25) is 9.59 Å². The van der Waals surface area contributed by atoms with Crippen molar-refractivity contribution in [2.24, 2.45) is 0 Å². The van der Waals surface area contributed by atoms with Crippen LogP contribution in [0.2, 0.25) is 20.1 Å². The van der Waals surface area contributed by atoms with Gasteiger partial charge in [-0.2, -0.15) is 0 Å². The lowest BCUT2D eigenvalue weighted by Gasteiger charge is -2.32. The zero-order chi connectivity index (χ0) is 26.2. The maximum absolute atomic E-state index is 13.8. The van der Waals surface area contributed by atoms with E-state index in [0.29, 0.717) is 32.1 Å². The molecule has 0 saturated heterocycles. The molecule has 3 aromatic carbocycles. The van der Waals surface area contributed by atoms with Crippen LogP contribution in [0.3, 0.4) is 0 Å². The first kappa shape index (κ1) is 28.3. The van der Waals surface area contributed by atoms with Crippen molar-refractivity contribution in [3.05, 3.63) is 104 Å². The number of halogens is 4. The van der Waals surface area contributed by atoms with Gasteiger partial charge in [0, 0.05) is 29.1 Å². The fourth-order valence-corrected chi connectivity index (χ4v) is 4.56. The van der Waals surface area contributed by atoms with Gasteiger partial charge in [0.15, 0.2) is 0 Å². The summed E-state index contributed by atoms with van der Waals surface area (Å²) in [5.74, 6) is -0.464. The van der Waals surface area contributed by atoms with Gasteiger partial charge in [0.05, 0.1) is 16.5 Å². The van der Waals surface area contributed by atoms with E-state index in [0.717, 1.165) is 17.5 Å². The summed E-state index contributed by atoms with van der Waals surface area (Å²) in [7, 11) is 0. The predicted octanol–water partition coefficient (Wildman–Crippen LogP) is 7.40. The first-order valence-corrected chi connectivity index (χ1v) is 13.2. The molecule has 0 unspecified atom stereocenters. The Labute approximate surface area is 232 Å². The van der Waals surface area contributed by atoms with E-state index in [-0.39, 0.29) is 30.8 Å². The molecule has 8 heteroatoms. The topological polar surface area (TPSA) is 49.4 Å². The first-order valence-electron chi connectivity index (χ1n) is 11.7. The van der Waals surface area contributed by atoms with Crippen molar-refractivity contribution in [2.75, 3.05) is 0 Å². The minimum atomic E-state index is -0.755. The summed E-state index contributed by atoms with van der Waals surface area (Å²) in [6.45, 7) is 4.11. The maximum atomic E-state index is 13.8. The van der Waals surface area contributed by atoms with Gasteiger partial charge in [0.2, 0.25) is 11.8 Å². The van der Waals surface area contributed by atoms with Crippen molar-refractivity contribution in [1.82, 2.24) is 10.2 Å². The van der Waals surface area contributed by atoms with Crippen molar-refractivity contribution < 1.29 is 9.59 Å². The van der Waals surface area contributed by atoms with E-state index in [1.807, 2.05) is 44.2 Å². The van der Waals surface area contributed by atoms with Gasteiger partial charge in [-0.15, -0.1) is 0 Å². The lowest BCUT2D eigenvalue weighted by Crippen LogP contribution is -2.52. The Balaban J connectivity index is 2.01. The Morgan fingerprint density at radius 3 is 2.22 bits per heavy atom. The lowest BCUT2D eigenvalue weighted by atomic mass is 10.0. The molecule has 0 aliphatic rings. The van der Waals surface area contributed by atoms with Crippen LogP contribution < -0.4 is 5.32 Å². The van der Waals surface area contributed by atoms with E-state index in [1.165, 1.54) is 0 Å². The van der Waals surface area contributed by atoms with Crippen LogP contribution >= 0.6 is 46.4 Å². The third-order valence-electron chi connectivity index (χ3n) is 5.97. The molecule has 2 amide bonds. The van der Waals surface area contributed by atoms with E-state index in [2.05, 4.69) is 5.32 Å². The van der Waals surface area contributed by atoms with Gasteiger partial charge in [0.25, 0.3) is 0 Å². The van der Waals surface area contributed by atoms with Gasteiger partial charge in [-0.1, -0.05) is 95.8 Å². The molecular formula is C28H28Cl4N2O2. The molecule has 2 atom stereocenters. The summed E-state index contributed by atoms with van der Waals surface area (Å²) in [4.78, 5) is 28.9. The molecular weight excluding hydrogens is 538 g/mol. The summed E-state index contributed by atoms with van der Waals surface area (Å²) in [5, 5.41) is 4.73. The minimum Gasteiger partial charge on any atom is -0.352 e. The van der Waals surface area contributed by atoms with Crippen molar-refractivity contribution in [3.8, 4) is 0 Å². The number of benzene rings is 3. The van der Waals surface area contributed by atoms with Gasteiger partial charge in [-0.05, 0) is 54.3 Å². The molecule has 3 rings (SSSR count). The van der Waals surface area contributed by atoms with Crippen molar-refractivity contribution in [1.29, 1.82) is 0 Å². The number of carbonyl (C=O) groups excluding carboxylic acids is 2. The average molecular weight is 566 g/mol. The third-order valence-corrected chi connectivity index (χ3v) is 7.29. The molecule has 0 bridgehead atoms.